The summed E-state index contributed by atoms with van der Waals surface area (Å²) in [6, 6.07) is 0.497. The van der Waals surface area contributed by atoms with Gasteiger partial charge in [-0.3, -0.25) is 0 Å². The van der Waals surface area contributed by atoms with Crippen LogP contribution in [0.3, 0.4) is 0 Å². The van der Waals surface area contributed by atoms with Crippen molar-refractivity contribution in [2.75, 3.05) is 13.1 Å². The Morgan fingerprint density at radius 3 is 2.12 bits per heavy atom. The molecule has 0 aromatic heterocycles. The summed E-state index contributed by atoms with van der Waals surface area (Å²) in [4.78, 5) is 0. The van der Waals surface area contributed by atoms with Crippen LogP contribution in [0.5, 0.6) is 0 Å². The first-order valence-electron chi connectivity index (χ1n) is 7.19. The summed E-state index contributed by atoms with van der Waals surface area (Å²) in [5.74, 6) is 5.28. The third-order valence-corrected chi connectivity index (χ3v) is 5.48. The molecule has 0 saturated heterocycles. The second kappa shape index (κ2) is 4.30. The molecule has 4 aliphatic carbocycles. The Morgan fingerprint density at radius 1 is 1.06 bits per heavy atom. The maximum absolute atomic E-state index is 5.67. The molecule has 4 rings (SSSR count). The van der Waals surface area contributed by atoms with Gasteiger partial charge in [-0.15, -0.1) is 0 Å². The van der Waals surface area contributed by atoms with E-state index in [4.69, 9.17) is 5.73 Å². The Kier molecular flexibility index (Phi) is 2.97. The summed E-state index contributed by atoms with van der Waals surface area (Å²) in [5.41, 5.74) is 5.67. The molecule has 4 aliphatic rings. The first-order chi connectivity index (χ1) is 7.76. The highest BCUT2D eigenvalue weighted by molar-refractivity contribution is 4.98. The van der Waals surface area contributed by atoms with Gasteiger partial charge in [-0.1, -0.05) is 0 Å². The van der Waals surface area contributed by atoms with Crippen LogP contribution in [0.15, 0.2) is 0 Å². The highest BCUT2D eigenvalue weighted by Crippen LogP contribution is 2.56. The Morgan fingerprint density at radius 2 is 1.62 bits per heavy atom. The van der Waals surface area contributed by atoms with Crippen LogP contribution in [-0.2, 0) is 0 Å². The van der Waals surface area contributed by atoms with Crippen molar-refractivity contribution in [1.82, 2.24) is 5.32 Å². The molecule has 0 aromatic carbocycles. The van der Waals surface area contributed by atoms with E-state index in [9.17, 15) is 0 Å². The summed E-state index contributed by atoms with van der Waals surface area (Å²) in [7, 11) is 0. The third-order valence-electron chi connectivity index (χ3n) is 5.48. The van der Waals surface area contributed by atoms with Crippen molar-refractivity contribution < 1.29 is 0 Å². The quantitative estimate of drug-likeness (QED) is 0.763. The fourth-order valence-electron chi connectivity index (χ4n) is 4.79. The van der Waals surface area contributed by atoms with E-state index in [1.165, 1.54) is 32.2 Å². The lowest BCUT2D eigenvalue weighted by Crippen LogP contribution is -2.50. The van der Waals surface area contributed by atoms with E-state index < -0.39 is 0 Å². The van der Waals surface area contributed by atoms with Crippen molar-refractivity contribution in [3.63, 3.8) is 0 Å². The molecule has 0 spiro atoms. The van der Waals surface area contributed by atoms with Gasteiger partial charge in [0.2, 0.25) is 0 Å². The topological polar surface area (TPSA) is 38.0 Å². The molecule has 4 fully saturated rings. The maximum atomic E-state index is 5.67. The van der Waals surface area contributed by atoms with Crippen molar-refractivity contribution >= 4 is 0 Å². The standard InChI is InChI=1S/C14H26N2/c1-9(7-15)16-8-14-12-3-10-2-11(5-12)6-13(14)4-10/h9-14,16H,2-8,15H2,1H3/t9-,10?,11?,12?,13?,14?/m1/s1. The van der Waals surface area contributed by atoms with Crippen LogP contribution >= 0.6 is 0 Å². The first-order valence-corrected chi connectivity index (χ1v) is 7.19. The van der Waals surface area contributed by atoms with Gasteiger partial charge in [0.25, 0.3) is 0 Å². The molecule has 0 aliphatic heterocycles. The summed E-state index contributed by atoms with van der Waals surface area (Å²) in [5, 5.41) is 3.64. The molecule has 92 valence electrons. The first kappa shape index (κ1) is 11.0. The molecule has 2 heteroatoms. The van der Waals surface area contributed by atoms with E-state index >= 15 is 0 Å². The zero-order chi connectivity index (χ0) is 11.1. The predicted octanol–water partition coefficient (Wildman–Crippen LogP) is 2.00. The largest absolute Gasteiger partial charge is 0.329 e. The van der Waals surface area contributed by atoms with Crippen LogP contribution in [0.1, 0.15) is 39.0 Å². The Hall–Kier alpha value is -0.0800. The Balaban J connectivity index is 1.59. The molecule has 0 unspecified atom stereocenters. The molecule has 2 nitrogen and oxygen atoms in total. The molecule has 4 saturated carbocycles. The van der Waals surface area contributed by atoms with E-state index in [1.54, 1.807) is 6.42 Å². The Labute approximate surface area is 99.4 Å². The van der Waals surface area contributed by atoms with Gasteiger partial charge in [-0.2, -0.15) is 0 Å². The van der Waals surface area contributed by atoms with Gasteiger partial charge in [0.1, 0.15) is 0 Å². The van der Waals surface area contributed by atoms with Gasteiger partial charge in [0, 0.05) is 12.6 Å². The number of nitrogens with one attached hydrogen (secondary N) is 1. The smallest absolute Gasteiger partial charge is 0.0162 e. The number of hydrogen-bond donors (Lipinski definition) is 2. The van der Waals surface area contributed by atoms with Gasteiger partial charge >= 0.3 is 0 Å². The molecule has 4 bridgehead atoms. The van der Waals surface area contributed by atoms with Crippen molar-refractivity contribution in [3.05, 3.63) is 0 Å². The van der Waals surface area contributed by atoms with E-state index in [0.29, 0.717) is 6.04 Å². The predicted molar refractivity (Wildman–Crippen MR) is 67.1 cm³/mol. The monoisotopic (exact) mass is 222 g/mol. The molecule has 1 atom stereocenters. The van der Waals surface area contributed by atoms with Crippen LogP contribution in [-0.4, -0.2) is 19.1 Å². The van der Waals surface area contributed by atoms with Crippen LogP contribution in [0, 0.1) is 29.6 Å². The molecule has 16 heavy (non-hydrogen) atoms. The number of rotatable bonds is 4. The Bertz CT molecular complexity index is 223. The number of hydrogen-bond acceptors (Lipinski definition) is 2. The van der Waals surface area contributed by atoms with E-state index in [-0.39, 0.29) is 0 Å². The SMILES string of the molecule is C[C@H](CN)NCC1C2CC3CC(C2)CC1C3. The maximum Gasteiger partial charge on any atom is 0.0162 e. The highest BCUT2D eigenvalue weighted by Gasteiger charge is 2.47. The van der Waals surface area contributed by atoms with Crippen LogP contribution in [0.4, 0.5) is 0 Å². The van der Waals surface area contributed by atoms with Gasteiger partial charge in [0.15, 0.2) is 0 Å². The van der Waals surface area contributed by atoms with Crippen molar-refractivity contribution in [2.45, 2.75) is 45.1 Å². The fourth-order valence-corrected chi connectivity index (χ4v) is 4.79. The lowest BCUT2D eigenvalue weighted by atomic mass is 9.52. The van der Waals surface area contributed by atoms with Crippen LogP contribution < -0.4 is 11.1 Å². The summed E-state index contributed by atoms with van der Waals surface area (Å²) in [6.07, 6.45) is 7.71. The van der Waals surface area contributed by atoms with E-state index in [2.05, 4.69) is 12.2 Å². The third kappa shape index (κ3) is 1.91. The molecule has 0 aromatic rings. The molecule has 0 heterocycles. The normalized spacial score (nSPS) is 47.2. The van der Waals surface area contributed by atoms with Crippen LogP contribution in [0.2, 0.25) is 0 Å². The lowest BCUT2D eigenvalue weighted by molar-refractivity contribution is -0.0360. The zero-order valence-electron chi connectivity index (χ0n) is 10.5. The van der Waals surface area contributed by atoms with E-state index in [0.717, 1.165) is 36.1 Å². The van der Waals surface area contributed by atoms with Gasteiger partial charge in [-0.05, 0) is 75.2 Å². The molecular weight excluding hydrogens is 196 g/mol. The van der Waals surface area contributed by atoms with Crippen molar-refractivity contribution in [3.8, 4) is 0 Å². The minimum Gasteiger partial charge on any atom is -0.329 e. The second-order valence-electron chi connectivity index (χ2n) is 6.64. The average molecular weight is 222 g/mol. The highest BCUT2D eigenvalue weighted by atomic mass is 14.9. The lowest BCUT2D eigenvalue weighted by Gasteiger charge is -2.54. The minimum absolute atomic E-state index is 0.497. The van der Waals surface area contributed by atoms with Gasteiger partial charge < -0.3 is 11.1 Å². The van der Waals surface area contributed by atoms with Crippen molar-refractivity contribution in [2.24, 2.45) is 35.3 Å². The summed E-state index contributed by atoms with van der Waals surface area (Å²) < 4.78 is 0. The van der Waals surface area contributed by atoms with Crippen molar-refractivity contribution in [1.29, 1.82) is 0 Å². The van der Waals surface area contributed by atoms with Gasteiger partial charge in [0.05, 0.1) is 0 Å². The molecule has 3 N–H and O–H groups in total. The number of nitrogens with two attached hydrogens (primary N) is 1. The molecule has 0 amide bonds. The molecular formula is C14H26N2. The minimum atomic E-state index is 0.497. The van der Waals surface area contributed by atoms with Crippen LogP contribution in [0.25, 0.3) is 0 Å². The second-order valence-corrected chi connectivity index (χ2v) is 6.64. The fraction of sp³-hybridized carbons (Fsp3) is 1.00. The molecule has 0 radical (unpaired) electrons. The summed E-state index contributed by atoms with van der Waals surface area (Å²) >= 11 is 0. The van der Waals surface area contributed by atoms with Gasteiger partial charge in [-0.25, -0.2) is 0 Å². The summed E-state index contributed by atoms with van der Waals surface area (Å²) in [6.45, 7) is 4.20. The average Bonchev–Trinajstić information content (AvgIpc) is 2.26. The van der Waals surface area contributed by atoms with E-state index in [1.807, 2.05) is 0 Å². The zero-order valence-corrected chi connectivity index (χ0v) is 10.5.